The molecule has 0 heterocycles. The van der Waals surface area contributed by atoms with Crippen molar-refractivity contribution >= 4 is 23.8 Å². The van der Waals surface area contributed by atoms with E-state index in [2.05, 4.69) is 10.6 Å². The van der Waals surface area contributed by atoms with Gasteiger partial charge in [0.2, 0.25) is 0 Å². The van der Waals surface area contributed by atoms with Crippen molar-refractivity contribution in [3.05, 3.63) is 65.9 Å². The van der Waals surface area contributed by atoms with Gasteiger partial charge in [0.15, 0.2) is 0 Å². The molecule has 6 nitrogen and oxygen atoms in total. The Morgan fingerprint density at radius 2 is 1.81 bits per heavy atom. The highest BCUT2D eigenvalue weighted by Gasteiger charge is 2.13. The monoisotopic (exact) mass is 368 g/mol. The maximum atomic E-state index is 12.2. The average molecular weight is 368 g/mol. The maximum absolute atomic E-state index is 12.2. The third kappa shape index (κ3) is 6.51. The van der Waals surface area contributed by atoms with Crippen LogP contribution in [0.15, 0.2) is 54.7 Å². The van der Waals surface area contributed by atoms with Crippen LogP contribution >= 0.6 is 0 Å². The van der Waals surface area contributed by atoms with Crippen LogP contribution in [0.25, 0.3) is 6.08 Å². The maximum Gasteiger partial charge on any atom is 0.340 e. The number of urea groups is 1. The molecule has 0 aliphatic heterocycles. The number of anilines is 1. The van der Waals surface area contributed by atoms with Gasteiger partial charge < -0.3 is 20.1 Å². The molecule has 142 valence electrons. The topological polar surface area (TPSA) is 76.7 Å². The minimum absolute atomic E-state index is 0.322. The third-order valence-corrected chi connectivity index (χ3v) is 3.73. The number of hydrogen-bond acceptors (Lipinski definition) is 4. The molecule has 2 aromatic rings. The summed E-state index contributed by atoms with van der Waals surface area (Å²) in [7, 11) is 1.61. The fourth-order valence-electron chi connectivity index (χ4n) is 2.24. The van der Waals surface area contributed by atoms with Crippen LogP contribution in [-0.4, -0.2) is 25.7 Å². The Labute approximate surface area is 159 Å². The van der Waals surface area contributed by atoms with E-state index in [1.54, 1.807) is 37.5 Å². The summed E-state index contributed by atoms with van der Waals surface area (Å²) in [5.41, 5.74) is 1.63. The van der Waals surface area contributed by atoms with E-state index in [1.807, 2.05) is 31.2 Å². The largest absolute Gasteiger partial charge is 0.497 e. The van der Waals surface area contributed by atoms with Gasteiger partial charge in [0, 0.05) is 6.20 Å². The fraction of sp³-hybridized carbons (Fsp3) is 0.238. The smallest absolute Gasteiger partial charge is 0.340 e. The van der Waals surface area contributed by atoms with Crippen molar-refractivity contribution < 1.29 is 19.1 Å². The molecule has 27 heavy (non-hydrogen) atoms. The number of amides is 2. The van der Waals surface area contributed by atoms with E-state index in [0.717, 1.165) is 24.2 Å². The molecule has 0 aromatic heterocycles. The molecule has 0 saturated carbocycles. The van der Waals surface area contributed by atoms with Crippen LogP contribution in [0.4, 0.5) is 10.5 Å². The number of hydrogen-bond donors (Lipinski definition) is 2. The number of ether oxygens (including phenoxy) is 2. The van der Waals surface area contributed by atoms with Gasteiger partial charge in [-0.2, -0.15) is 0 Å². The van der Waals surface area contributed by atoms with Crippen molar-refractivity contribution in [3.8, 4) is 5.75 Å². The van der Waals surface area contributed by atoms with Crippen LogP contribution < -0.4 is 15.4 Å². The SMILES string of the molecule is CCCCOC(=O)c1ccccc1NC(=O)N/C=C/c1ccc(OC)cc1. The Hall–Kier alpha value is -3.28. The Morgan fingerprint density at radius 1 is 1.07 bits per heavy atom. The van der Waals surface area contributed by atoms with Gasteiger partial charge >= 0.3 is 12.0 Å². The van der Waals surface area contributed by atoms with Gasteiger partial charge in [-0.05, 0) is 42.3 Å². The first-order valence-electron chi connectivity index (χ1n) is 8.78. The zero-order valence-corrected chi connectivity index (χ0v) is 15.5. The molecule has 2 amide bonds. The molecule has 0 bridgehead atoms. The summed E-state index contributed by atoms with van der Waals surface area (Å²) in [5, 5.41) is 5.28. The van der Waals surface area contributed by atoms with Crippen molar-refractivity contribution in [1.82, 2.24) is 5.32 Å². The second kappa shape index (κ2) is 10.7. The van der Waals surface area contributed by atoms with E-state index in [4.69, 9.17) is 9.47 Å². The number of esters is 1. The first-order chi connectivity index (χ1) is 13.1. The zero-order valence-electron chi connectivity index (χ0n) is 15.5. The lowest BCUT2D eigenvalue weighted by molar-refractivity contribution is 0.0501. The van der Waals surface area contributed by atoms with Crippen LogP contribution in [0.2, 0.25) is 0 Å². The first kappa shape index (κ1) is 20.0. The molecule has 2 aromatic carbocycles. The highest BCUT2D eigenvalue weighted by molar-refractivity contribution is 6.01. The molecule has 2 rings (SSSR count). The second-order valence-electron chi connectivity index (χ2n) is 5.74. The predicted molar refractivity (Wildman–Crippen MR) is 106 cm³/mol. The highest BCUT2D eigenvalue weighted by atomic mass is 16.5. The molecule has 0 unspecified atom stereocenters. The number of unbranched alkanes of at least 4 members (excludes halogenated alkanes) is 1. The van der Waals surface area contributed by atoms with Gasteiger partial charge in [0.1, 0.15) is 5.75 Å². The minimum atomic E-state index is -0.451. The van der Waals surface area contributed by atoms with Gasteiger partial charge in [-0.25, -0.2) is 9.59 Å². The molecule has 2 N–H and O–H groups in total. The summed E-state index contributed by atoms with van der Waals surface area (Å²) in [6.07, 6.45) is 5.03. The van der Waals surface area contributed by atoms with E-state index < -0.39 is 12.0 Å². The van der Waals surface area contributed by atoms with Crippen molar-refractivity contribution in [2.75, 3.05) is 19.0 Å². The molecular formula is C21H24N2O4. The molecule has 0 aliphatic rings. The summed E-state index contributed by atoms with van der Waals surface area (Å²) in [6, 6.07) is 13.7. The summed E-state index contributed by atoms with van der Waals surface area (Å²) >= 11 is 0. The van der Waals surface area contributed by atoms with Gasteiger partial charge in [0.05, 0.1) is 25.0 Å². The summed E-state index contributed by atoms with van der Waals surface area (Å²) < 4.78 is 10.3. The standard InChI is InChI=1S/C21H24N2O4/c1-3-4-15-27-20(24)18-7-5-6-8-19(18)23-21(25)22-14-13-16-9-11-17(26-2)12-10-16/h5-14H,3-4,15H2,1-2H3,(H2,22,23,25)/b14-13+. The number of carbonyl (C=O) groups excluding carboxylic acids is 2. The number of benzene rings is 2. The number of nitrogens with one attached hydrogen (secondary N) is 2. The van der Waals surface area contributed by atoms with Gasteiger partial charge in [-0.1, -0.05) is 37.6 Å². The van der Waals surface area contributed by atoms with E-state index in [1.165, 1.54) is 6.20 Å². The van der Waals surface area contributed by atoms with Crippen LogP contribution in [0, 0.1) is 0 Å². The number of carbonyl (C=O) groups is 2. The van der Waals surface area contributed by atoms with E-state index in [-0.39, 0.29) is 0 Å². The van der Waals surface area contributed by atoms with Crippen molar-refractivity contribution in [2.24, 2.45) is 0 Å². The molecule has 0 atom stereocenters. The van der Waals surface area contributed by atoms with Gasteiger partial charge in [-0.3, -0.25) is 0 Å². The molecule has 0 aliphatic carbocycles. The van der Waals surface area contributed by atoms with Crippen LogP contribution in [0.3, 0.4) is 0 Å². The van der Waals surface area contributed by atoms with Crippen molar-refractivity contribution in [2.45, 2.75) is 19.8 Å². The highest BCUT2D eigenvalue weighted by Crippen LogP contribution is 2.16. The van der Waals surface area contributed by atoms with Crippen LogP contribution in [0.5, 0.6) is 5.75 Å². The minimum Gasteiger partial charge on any atom is -0.497 e. The van der Waals surface area contributed by atoms with E-state index in [9.17, 15) is 9.59 Å². The second-order valence-corrected chi connectivity index (χ2v) is 5.74. The third-order valence-electron chi connectivity index (χ3n) is 3.73. The molecule has 0 radical (unpaired) electrons. The Balaban J connectivity index is 1.93. The van der Waals surface area contributed by atoms with Crippen molar-refractivity contribution in [1.29, 1.82) is 0 Å². The first-order valence-corrected chi connectivity index (χ1v) is 8.78. The Kier molecular flexibility index (Phi) is 7.91. The zero-order chi connectivity index (χ0) is 19.5. The van der Waals surface area contributed by atoms with Crippen molar-refractivity contribution in [3.63, 3.8) is 0 Å². The number of rotatable bonds is 8. The molecule has 6 heteroatoms. The summed E-state index contributed by atoms with van der Waals surface area (Å²) in [5.74, 6) is 0.313. The molecule has 0 saturated heterocycles. The summed E-state index contributed by atoms with van der Waals surface area (Å²) in [6.45, 7) is 2.38. The Morgan fingerprint density at radius 3 is 2.52 bits per heavy atom. The van der Waals surface area contributed by atoms with Crippen LogP contribution in [-0.2, 0) is 4.74 Å². The normalized spacial score (nSPS) is 10.4. The van der Waals surface area contributed by atoms with E-state index in [0.29, 0.717) is 17.9 Å². The quantitative estimate of drug-likeness (QED) is 0.533. The lowest BCUT2D eigenvalue weighted by Gasteiger charge is -2.10. The number of para-hydroxylation sites is 1. The average Bonchev–Trinajstić information content (AvgIpc) is 2.69. The van der Waals surface area contributed by atoms with Gasteiger partial charge in [0.25, 0.3) is 0 Å². The molecular weight excluding hydrogens is 344 g/mol. The molecule has 0 spiro atoms. The lowest BCUT2D eigenvalue weighted by atomic mass is 10.2. The fourth-order valence-corrected chi connectivity index (χ4v) is 2.24. The summed E-state index contributed by atoms with van der Waals surface area (Å²) in [4.78, 5) is 24.2. The van der Waals surface area contributed by atoms with E-state index >= 15 is 0 Å². The predicted octanol–water partition coefficient (Wildman–Crippen LogP) is 4.44. The number of methoxy groups -OCH3 is 1. The van der Waals surface area contributed by atoms with Gasteiger partial charge in [-0.15, -0.1) is 0 Å². The van der Waals surface area contributed by atoms with Crippen LogP contribution in [0.1, 0.15) is 35.7 Å². The lowest BCUT2D eigenvalue weighted by Crippen LogP contribution is -2.25. The molecule has 0 fully saturated rings. The Bertz CT molecular complexity index is 785.